The fourth-order valence-corrected chi connectivity index (χ4v) is 4.28. The Morgan fingerprint density at radius 1 is 0.789 bits per heavy atom. The van der Waals surface area contributed by atoms with E-state index in [0.29, 0.717) is 28.3 Å². The van der Waals surface area contributed by atoms with E-state index in [4.69, 9.17) is 9.47 Å². The number of nitrogens with one attached hydrogen (secondary N) is 1. The van der Waals surface area contributed by atoms with Gasteiger partial charge in [-0.05, 0) is 53.1 Å². The number of anilines is 1. The molecular formula is C30H24F2N2O4. The van der Waals surface area contributed by atoms with Gasteiger partial charge in [-0.3, -0.25) is 9.59 Å². The van der Waals surface area contributed by atoms with Crippen molar-refractivity contribution in [3.63, 3.8) is 0 Å². The lowest BCUT2D eigenvalue weighted by Gasteiger charge is -2.32. The second kappa shape index (κ2) is 11.1. The Morgan fingerprint density at radius 3 is 2.16 bits per heavy atom. The first-order valence-corrected chi connectivity index (χ1v) is 12.0. The summed E-state index contributed by atoms with van der Waals surface area (Å²) in [6, 6.07) is 24.2. The summed E-state index contributed by atoms with van der Waals surface area (Å²) in [6.07, 6.45) is 0.0387. The van der Waals surface area contributed by atoms with E-state index in [1.165, 1.54) is 41.3 Å². The van der Waals surface area contributed by atoms with Gasteiger partial charge in [0.05, 0.1) is 6.42 Å². The smallest absolute Gasteiger partial charge is 0.251 e. The molecule has 1 atom stereocenters. The van der Waals surface area contributed by atoms with Crippen LogP contribution < -0.4 is 14.8 Å². The van der Waals surface area contributed by atoms with Crippen LogP contribution in [0.5, 0.6) is 11.5 Å². The first kappa shape index (κ1) is 25.0. The molecule has 1 aliphatic rings. The molecule has 0 saturated heterocycles. The topological polar surface area (TPSA) is 67.9 Å². The highest BCUT2D eigenvalue weighted by atomic mass is 19.1. The van der Waals surface area contributed by atoms with E-state index < -0.39 is 23.6 Å². The minimum Gasteiger partial charge on any atom is -0.454 e. The Hall–Kier alpha value is -4.72. The minimum atomic E-state index is -1.11. The molecule has 0 fully saturated rings. The van der Waals surface area contributed by atoms with Crippen LogP contribution in [0.25, 0.3) is 0 Å². The Morgan fingerprint density at radius 2 is 1.45 bits per heavy atom. The molecule has 1 N–H and O–H groups in total. The Bertz CT molecular complexity index is 1430. The summed E-state index contributed by atoms with van der Waals surface area (Å²) in [7, 11) is 0. The number of benzene rings is 4. The number of amides is 2. The highest BCUT2D eigenvalue weighted by Gasteiger charge is 2.32. The second-order valence-electron chi connectivity index (χ2n) is 8.82. The van der Waals surface area contributed by atoms with Crippen LogP contribution in [0.4, 0.5) is 14.5 Å². The maximum absolute atomic E-state index is 13.8. The average molecular weight is 515 g/mol. The van der Waals surface area contributed by atoms with E-state index in [9.17, 15) is 18.4 Å². The van der Waals surface area contributed by atoms with Gasteiger partial charge in [-0.25, -0.2) is 8.78 Å². The summed E-state index contributed by atoms with van der Waals surface area (Å²) in [5.74, 6) is -0.649. The van der Waals surface area contributed by atoms with Crippen LogP contribution in [-0.2, 0) is 22.6 Å². The summed E-state index contributed by atoms with van der Waals surface area (Å²) < 4.78 is 38.2. The van der Waals surface area contributed by atoms with Gasteiger partial charge in [-0.1, -0.05) is 54.6 Å². The van der Waals surface area contributed by atoms with Crippen LogP contribution in [0, 0.1) is 11.6 Å². The number of rotatable bonds is 8. The van der Waals surface area contributed by atoms with Gasteiger partial charge >= 0.3 is 0 Å². The first-order valence-electron chi connectivity index (χ1n) is 12.0. The van der Waals surface area contributed by atoms with E-state index in [0.717, 1.165) is 5.56 Å². The van der Waals surface area contributed by atoms with Crippen LogP contribution in [-0.4, -0.2) is 23.5 Å². The predicted molar refractivity (Wildman–Crippen MR) is 137 cm³/mol. The molecule has 1 unspecified atom stereocenters. The zero-order valence-electron chi connectivity index (χ0n) is 20.3. The number of fused-ring (bicyclic) bond motifs is 1. The van der Waals surface area contributed by atoms with Gasteiger partial charge in [-0.2, -0.15) is 0 Å². The number of carbonyl (C=O) groups excluding carboxylic acids is 2. The number of hydrogen-bond acceptors (Lipinski definition) is 4. The van der Waals surface area contributed by atoms with Crippen molar-refractivity contribution in [3.05, 3.63) is 125 Å². The molecule has 38 heavy (non-hydrogen) atoms. The maximum Gasteiger partial charge on any atom is 0.251 e. The van der Waals surface area contributed by atoms with E-state index in [2.05, 4.69) is 5.32 Å². The van der Waals surface area contributed by atoms with Crippen molar-refractivity contribution >= 4 is 17.5 Å². The lowest BCUT2D eigenvalue weighted by molar-refractivity contribution is -0.139. The molecule has 8 heteroatoms. The molecule has 4 aromatic carbocycles. The van der Waals surface area contributed by atoms with Crippen LogP contribution >= 0.6 is 0 Å². The predicted octanol–water partition coefficient (Wildman–Crippen LogP) is 5.64. The van der Waals surface area contributed by atoms with E-state index in [1.54, 1.807) is 30.3 Å². The normalized spacial score (nSPS) is 12.6. The molecule has 0 aliphatic carbocycles. The van der Waals surface area contributed by atoms with Gasteiger partial charge in [0, 0.05) is 18.3 Å². The number of nitrogens with zero attached hydrogens (tertiary/aromatic N) is 1. The fourth-order valence-electron chi connectivity index (χ4n) is 4.28. The van der Waals surface area contributed by atoms with Crippen molar-refractivity contribution in [2.75, 3.05) is 12.1 Å². The van der Waals surface area contributed by atoms with Gasteiger partial charge in [0.15, 0.2) is 11.5 Å². The molecule has 6 nitrogen and oxygen atoms in total. The van der Waals surface area contributed by atoms with Crippen LogP contribution in [0.15, 0.2) is 97.1 Å². The summed E-state index contributed by atoms with van der Waals surface area (Å²) in [5.41, 5.74) is 2.28. The Labute approximate surface area is 218 Å². The zero-order valence-corrected chi connectivity index (χ0v) is 20.3. The van der Waals surface area contributed by atoms with Crippen LogP contribution in [0.1, 0.15) is 22.7 Å². The lowest BCUT2D eigenvalue weighted by atomic mass is 10.0. The molecule has 0 spiro atoms. The minimum absolute atomic E-state index is 0.0303. The fraction of sp³-hybridized carbons (Fsp3) is 0.133. The zero-order chi connectivity index (χ0) is 26.5. The number of halogens is 2. The molecule has 0 aromatic heterocycles. The molecule has 5 rings (SSSR count). The second-order valence-corrected chi connectivity index (χ2v) is 8.82. The standard InChI is InChI=1S/C30H24F2N2O4/c31-23-10-6-21(7-11-23)18-34(28(35)16-20-4-2-1-3-5-20)29(22-8-12-24(32)13-9-22)30(36)33-25-14-15-26-27(17-25)38-19-37-26/h1-15,17,29H,16,18-19H2,(H,33,36). The summed E-state index contributed by atoms with van der Waals surface area (Å²) in [5, 5.41) is 2.86. The molecule has 192 valence electrons. The third-order valence-corrected chi connectivity index (χ3v) is 6.17. The Kier molecular flexibility index (Phi) is 7.31. The summed E-state index contributed by atoms with van der Waals surface area (Å²) in [4.78, 5) is 29.0. The van der Waals surface area contributed by atoms with Gasteiger partial charge in [-0.15, -0.1) is 0 Å². The van der Waals surface area contributed by atoms with Crippen LogP contribution in [0.2, 0.25) is 0 Å². The highest BCUT2D eigenvalue weighted by Crippen LogP contribution is 2.35. The van der Waals surface area contributed by atoms with Gasteiger partial charge in [0.2, 0.25) is 12.7 Å². The van der Waals surface area contributed by atoms with Gasteiger partial charge in [0.25, 0.3) is 5.91 Å². The lowest BCUT2D eigenvalue weighted by Crippen LogP contribution is -2.41. The molecule has 0 saturated carbocycles. The molecule has 1 heterocycles. The molecule has 4 aromatic rings. The largest absolute Gasteiger partial charge is 0.454 e. The highest BCUT2D eigenvalue weighted by molar-refractivity contribution is 5.98. The SMILES string of the molecule is O=C(Nc1ccc2c(c1)OCO2)C(c1ccc(F)cc1)N(Cc1ccc(F)cc1)C(=O)Cc1ccccc1. The quantitative estimate of drug-likeness (QED) is 0.330. The third kappa shape index (κ3) is 5.81. The van der Waals surface area contributed by atoms with Crippen molar-refractivity contribution in [1.82, 2.24) is 4.90 Å². The van der Waals surface area contributed by atoms with E-state index >= 15 is 0 Å². The molecule has 2 amide bonds. The van der Waals surface area contributed by atoms with Crippen molar-refractivity contribution in [3.8, 4) is 11.5 Å². The monoisotopic (exact) mass is 514 g/mol. The van der Waals surface area contributed by atoms with E-state index in [-0.39, 0.29) is 25.7 Å². The molecule has 1 aliphatic heterocycles. The molecular weight excluding hydrogens is 490 g/mol. The number of carbonyl (C=O) groups is 2. The van der Waals surface area contributed by atoms with Gasteiger partial charge < -0.3 is 19.7 Å². The van der Waals surface area contributed by atoms with Crippen LogP contribution in [0.3, 0.4) is 0 Å². The molecule has 0 radical (unpaired) electrons. The molecule has 0 bridgehead atoms. The Balaban J connectivity index is 1.51. The van der Waals surface area contributed by atoms with Crippen molar-refractivity contribution in [2.24, 2.45) is 0 Å². The summed E-state index contributed by atoms with van der Waals surface area (Å²) >= 11 is 0. The van der Waals surface area contributed by atoms with Gasteiger partial charge in [0.1, 0.15) is 17.7 Å². The van der Waals surface area contributed by atoms with E-state index in [1.807, 2.05) is 30.3 Å². The van der Waals surface area contributed by atoms with Crippen molar-refractivity contribution in [2.45, 2.75) is 19.0 Å². The number of hydrogen-bond donors (Lipinski definition) is 1. The first-order chi connectivity index (χ1) is 18.5. The average Bonchev–Trinajstić information content (AvgIpc) is 3.39. The van der Waals surface area contributed by atoms with Crippen molar-refractivity contribution < 1.29 is 27.8 Å². The number of ether oxygens (including phenoxy) is 2. The van der Waals surface area contributed by atoms with Crippen molar-refractivity contribution in [1.29, 1.82) is 0 Å². The summed E-state index contributed by atoms with van der Waals surface area (Å²) in [6.45, 7) is 0.118. The third-order valence-electron chi connectivity index (χ3n) is 6.17. The maximum atomic E-state index is 13.8.